The number of unbranched alkanes of at least 4 members (excludes halogenated alkanes) is 2. The zero-order valence-electron chi connectivity index (χ0n) is 21.9. The van der Waals surface area contributed by atoms with Crippen LogP contribution in [-0.4, -0.2) is 23.4 Å². The van der Waals surface area contributed by atoms with Gasteiger partial charge in [-0.1, -0.05) is 33.1 Å². The van der Waals surface area contributed by atoms with Crippen LogP contribution in [0.15, 0.2) is 6.07 Å². The molecule has 1 unspecified atom stereocenters. The van der Waals surface area contributed by atoms with Gasteiger partial charge < -0.3 is 9.47 Å². The Bertz CT molecular complexity index is 941. The highest BCUT2D eigenvalue weighted by Crippen LogP contribution is 2.49. The molecule has 2 amide bonds. The maximum Gasteiger partial charge on any atom is 0.424 e. The number of anilines is 1. The highest BCUT2D eigenvalue weighted by atomic mass is 19.1. The molecule has 0 heterocycles. The average molecular weight is 475 g/mol. The van der Waals surface area contributed by atoms with E-state index in [0.29, 0.717) is 11.3 Å². The lowest BCUT2D eigenvalue weighted by atomic mass is 9.73. The van der Waals surface area contributed by atoms with Crippen molar-refractivity contribution in [1.29, 1.82) is 5.26 Å². The van der Waals surface area contributed by atoms with Crippen LogP contribution in [0.25, 0.3) is 0 Å². The topological polar surface area (TPSA) is 79.6 Å². The number of carbonyl (C=O) groups is 2. The number of hydrogen-bond donors (Lipinski definition) is 0. The van der Waals surface area contributed by atoms with Gasteiger partial charge in [0, 0.05) is 0 Å². The average Bonchev–Trinajstić information content (AvgIpc) is 3.04. The minimum absolute atomic E-state index is 0.0163. The summed E-state index contributed by atoms with van der Waals surface area (Å²) in [5.41, 5.74) is -1.03. The summed E-state index contributed by atoms with van der Waals surface area (Å²) in [5, 5.41) is 10.2. The zero-order valence-corrected chi connectivity index (χ0v) is 21.9. The number of carbonyl (C=O) groups excluding carboxylic acids is 2. The van der Waals surface area contributed by atoms with Crippen molar-refractivity contribution in [3.63, 3.8) is 0 Å². The Morgan fingerprint density at radius 1 is 1.09 bits per heavy atom. The number of hydrogen-bond acceptors (Lipinski definition) is 5. The molecular formula is C27H39FN2O4. The summed E-state index contributed by atoms with van der Waals surface area (Å²) in [6, 6.07) is 3.50. The van der Waals surface area contributed by atoms with E-state index >= 15 is 4.39 Å². The highest BCUT2D eigenvalue weighted by Gasteiger charge is 2.44. The molecule has 188 valence electrons. The van der Waals surface area contributed by atoms with Gasteiger partial charge >= 0.3 is 12.2 Å². The summed E-state index contributed by atoms with van der Waals surface area (Å²) >= 11 is 0. The molecule has 34 heavy (non-hydrogen) atoms. The molecule has 0 N–H and O–H groups in total. The summed E-state index contributed by atoms with van der Waals surface area (Å²) in [4.78, 5) is 26.9. The lowest BCUT2D eigenvalue weighted by Gasteiger charge is -2.33. The maximum atomic E-state index is 15.6. The summed E-state index contributed by atoms with van der Waals surface area (Å²) < 4.78 is 26.4. The van der Waals surface area contributed by atoms with E-state index in [0.717, 1.165) is 49.7 Å². The summed E-state index contributed by atoms with van der Waals surface area (Å²) in [6.45, 7) is 14.1. The third-order valence-electron chi connectivity index (χ3n) is 6.16. The van der Waals surface area contributed by atoms with E-state index in [2.05, 4.69) is 19.9 Å². The van der Waals surface area contributed by atoms with E-state index in [1.54, 1.807) is 41.5 Å². The Morgan fingerprint density at radius 3 is 2.09 bits per heavy atom. The second-order valence-corrected chi connectivity index (χ2v) is 11.1. The van der Waals surface area contributed by atoms with Crippen molar-refractivity contribution in [2.45, 2.75) is 117 Å². The second kappa shape index (κ2) is 10.3. The Labute approximate surface area is 203 Å². The third kappa shape index (κ3) is 6.08. The zero-order chi connectivity index (χ0) is 25.9. The van der Waals surface area contributed by atoms with Crippen molar-refractivity contribution in [3.8, 4) is 6.07 Å². The van der Waals surface area contributed by atoms with Crippen LogP contribution in [0.4, 0.5) is 19.7 Å². The lowest BCUT2D eigenvalue weighted by molar-refractivity contribution is 0.0428. The van der Waals surface area contributed by atoms with Gasteiger partial charge in [-0.25, -0.2) is 14.0 Å². The minimum Gasteiger partial charge on any atom is -0.443 e. The van der Waals surface area contributed by atoms with Gasteiger partial charge in [-0.2, -0.15) is 10.2 Å². The van der Waals surface area contributed by atoms with Gasteiger partial charge in [0.15, 0.2) is 0 Å². The summed E-state index contributed by atoms with van der Waals surface area (Å²) in [7, 11) is 0. The van der Waals surface area contributed by atoms with Crippen molar-refractivity contribution in [1.82, 2.24) is 0 Å². The molecule has 0 saturated carbocycles. The molecule has 2 rings (SSSR count). The molecule has 0 spiro atoms. The minimum atomic E-state index is -1.08. The van der Waals surface area contributed by atoms with Gasteiger partial charge in [0.2, 0.25) is 0 Å². The third-order valence-corrected chi connectivity index (χ3v) is 6.16. The van der Waals surface area contributed by atoms with Gasteiger partial charge in [0.25, 0.3) is 0 Å². The monoisotopic (exact) mass is 474 g/mol. The fourth-order valence-corrected chi connectivity index (χ4v) is 4.69. The van der Waals surface area contributed by atoms with Crippen LogP contribution in [0.2, 0.25) is 0 Å². The molecule has 6 nitrogen and oxygen atoms in total. The van der Waals surface area contributed by atoms with Crippen molar-refractivity contribution in [2.75, 3.05) is 4.90 Å². The predicted octanol–water partition coefficient (Wildman–Crippen LogP) is 7.55. The van der Waals surface area contributed by atoms with Crippen LogP contribution in [0.3, 0.4) is 0 Å². The summed E-state index contributed by atoms with van der Waals surface area (Å²) in [5.74, 6) is -0.813. The molecule has 1 aliphatic rings. The van der Waals surface area contributed by atoms with E-state index in [-0.39, 0.29) is 16.7 Å². The van der Waals surface area contributed by atoms with Crippen molar-refractivity contribution in [3.05, 3.63) is 28.6 Å². The Hall–Kier alpha value is -2.62. The molecule has 1 aliphatic carbocycles. The smallest absolute Gasteiger partial charge is 0.424 e. The van der Waals surface area contributed by atoms with Crippen LogP contribution < -0.4 is 4.90 Å². The van der Waals surface area contributed by atoms with E-state index in [1.807, 2.05) is 0 Å². The Kier molecular flexibility index (Phi) is 8.39. The first-order valence-corrected chi connectivity index (χ1v) is 12.2. The van der Waals surface area contributed by atoms with Crippen molar-refractivity contribution in [2.24, 2.45) is 0 Å². The number of nitriles is 1. The number of nitrogens with zero attached hydrogens (tertiary/aromatic N) is 2. The number of rotatable bonds is 6. The largest absolute Gasteiger partial charge is 0.443 e. The molecule has 0 saturated heterocycles. The molecule has 1 aromatic carbocycles. The van der Waals surface area contributed by atoms with Crippen molar-refractivity contribution < 1.29 is 23.5 Å². The number of amides is 2. The van der Waals surface area contributed by atoms with E-state index in [1.165, 1.54) is 6.07 Å². The molecule has 0 fully saturated rings. The number of benzene rings is 1. The van der Waals surface area contributed by atoms with Gasteiger partial charge in [0.05, 0.1) is 5.56 Å². The van der Waals surface area contributed by atoms with E-state index in [9.17, 15) is 14.9 Å². The normalized spacial score (nSPS) is 17.6. The van der Waals surface area contributed by atoms with E-state index in [4.69, 9.17) is 9.47 Å². The molecule has 0 radical (unpaired) electrons. The van der Waals surface area contributed by atoms with Crippen molar-refractivity contribution >= 4 is 17.9 Å². The van der Waals surface area contributed by atoms with Crippen LogP contribution in [0.5, 0.6) is 0 Å². The molecule has 0 aromatic heterocycles. The standard InChI is InChI=1S/C27H39FN2O4/c1-9-11-12-14-27(10-2)15-13-18-16-20(28)22(19(17-29)21(18)27)30(23(31)33-25(3,4)5)24(32)34-26(6,7)8/h16H,9-15H2,1-8H3. The number of imide groups is 1. The summed E-state index contributed by atoms with van der Waals surface area (Å²) in [6.07, 6.45) is 4.06. The number of fused-ring (bicyclic) bond motifs is 1. The molecule has 7 heteroatoms. The number of ether oxygens (including phenoxy) is 2. The van der Waals surface area contributed by atoms with Crippen LogP contribution in [0, 0.1) is 17.1 Å². The molecular weight excluding hydrogens is 435 g/mol. The first-order chi connectivity index (χ1) is 15.7. The second-order valence-electron chi connectivity index (χ2n) is 11.1. The SMILES string of the molecule is CCCCCC1(CC)CCc2cc(F)c(N(C(=O)OC(C)(C)C)C(=O)OC(C)(C)C)c(C#N)c21. The number of halogens is 1. The van der Waals surface area contributed by atoms with Crippen LogP contribution in [0.1, 0.15) is 111 Å². The van der Waals surface area contributed by atoms with Crippen LogP contribution in [-0.2, 0) is 21.3 Å². The lowest BCUT2D eigenvalue weighted by Crippen LogP contribution is -2.45. The highest BCUT2D eigenvalue weighted by molar-refractivity contribution is 6.10. The fraction of sp³-hybridized carbons (Fsp3) is 0.667. The quantitative estimate of drug-likeness (QED) is 0.398. The van der Waals surface area contributed by atoms with Gasteiger partial charge in [-0.15, -0.1) is 0 Å². The van der Waals surface area contributed by atoms with Crippen LogP contribution >= 0.6 is 0 Å². The Balaban J connectivity index is 2.75. The first kappa shape index (κ1) is 27.6. The van der Waals surface area contributed by atoms with Gasteiger partial charge in [0.1, 0.15) is 28.8 Å². The van der Waals surface area contributed by atoms with Gasteiger partial charge in [-0.05, 0) is 89.8 Å². The molecule has 1 aromatic rings. The van der Waals surface area contributed by atoms with E-state index < -0.39 is 29.2 Å². The molecule has 0 aliphatic heterocycles. The molecule has 0 bridgehead atoms. The molecule has 1 atom stereocenters. The first-order valence-electron chi connectivity index (χ1n) is 12.2. The maximum absolute atomic E-state index is 15.6. The Morgan fingerprint density at radius 2 is 1.65 bits per heavy atom. The fourth-order valence-electron chi connectivity index (χ4n) is 4.69. The predicted molar refractivity (Wildman–Crippen MR) is 130 cm³/mol. The van der Waals surface area contributed by atoms with Gasteiger partial charge in [-0.3, -0.25) is 0 Å². The number of aryl methyl sites for hydroxylation is 1.